The van der Waals surface area contributed by atoms with Crippen LogP contribution in [0.2, 0.25) is 0 Å². The minimum absolute atomic E-state index is 0.0534. The molecule has 1 rings (SSSR count). The van der Waals surface area contributed by atoms with Gasteiger partial charge in [-0.2, -0.15) is 21.7 Å². The number of carbonyl (C=O) groups is 1. The second-order valence-electron chi connectivity index (χ2n) is 4.53. The molecule has 23 heavy (non-hydrogen) atoms. The van der Waals surface area contributed by atoms with E-state index in [4.69, 9.17) is 11.0 Å². The molecule has 0 spiro atoms. The Morgan fingerprint density at radius 3 is 2.87 bits per heavy atom. The molecule has 1 heterocycles. The van der Waals surface area contributed by atoms with Crippen LogP contribution < -0.4 is 11.1 Å². The van der Waals surface area contributed by atoms with Crippen molar-refractivity contribution in [2.45, 2.75) is 12.5 Å². The lowest BCUT2D eigenvalue weighted by atomic mass is 10.2. The summed E-state index contributed by atoms with van der Waals surface area (Å²) in [5.41, 5.74) is 6.18. The van der Waals surface area contributed by atoms with Crippen molar-refractivity contribution in [3.8, 4) is 6.07 Å². The van der Waals surface area contributed by atoms with E-state index in [9.17, 15) is 13.2 Å². The van der Waals surface area contributed by atoms with Crippen LogP contribution >= 0.6 is 11.3 Å². The number of nitrogens with zero attached hydrogens (tertiary/aromatic N) is 4. The van der Waals surface area contributed by atoms with Crippen LogP contribution in [0.3, 0.4) is 0 Å². The fourth-order valence-corrected chi connectivity index (χ4v) is 2.78. The highest BCUT2D eigenvalue weighted by atomic mass is 32.2. The Morgan fingerprint density at radius 2 is 2.30 bits per heavy atom. The normalized spacial score (nSPS) is 13.7. The number of nitriles is 1. The largest absolute Gasteiger partial charge is 0.384 e. The molecule has 1 aromatic rings. The Hall–Kier alpha value is -2.32. The van der Waals surface area contributed by atoms with Gasteiger partial charge in [-0.25, -0.2) is 8.42 Å². The van der Waals surface area contributed by atoms with Crippen LogP contribution in [-0.2, 0) is 9.84 Å². The van der Waals surface area contributed by atoms with Gasteiger partial charge >= 0.3 is 0 Å². The Balaban J connectivity index is 2.83. The molecular weight excluding hydrogens is 340 g/mol. The highest BCUT2D eigenvalue weighted by Gasteiger charge is 2.20. The second kappa shape index (κ2) is 8.96. The number of carbonyl (C=O) groups excluding carboxylic acids is 1. The van der Waals surface area contributed by atoms with Gasteiger partial charge in [-0.15, -0.1) is 5.10 Å². The number of amidine groups is 1. The summed E-state index contributed by atoms with van der Waals surface area (Å²) in [5.74, 6) is -0.650. The summed E-state index contributed by atoms with van der Waals surface area (Å²) in [6, 6.07) is 2.57. The molecule has 1 amide bonds. The van der Waals surface area contributed by atoms with Gasteiger partial charge < -0.3 is 11.1 Å². The van der Waals surface area contributed by atoms with E-state index in [0.717, 1.165) is 6.26 Å². The third kappa shape index (κ3) is 7.48. The van der Waals surface area contributed by atoms with Crippen LogP contribution in [0.1, 0.15) is 16.8 Å². The molecule has 0 aromatic carbocycles. The van der Waals surface area contributed by atoms with E-state index in [2.05, 4.69) is 20.8 Å². The number of amides is 1. The van der Waals surface area contributed by atoms with Gasteiger partial charge in [-0.3, -0.25) is 4.79 Å². The summed E-state index contributed by atoms with van der Waals surface area (Å²) in [6.07, 6.45) is 1.14. The SMILES string of the molecule is CS(=O)(=O)CCC(NC(=O)c1ccsc1)C(N)=NN=NCC#N. The first kappa shape index (κ1) is 18.7. The molecule has 124 valence electrons. The summed E-state index contributed by atoms with van der Waals surface area (Å²) >= 11 is 1.36. The van der Waals surface area contributed by atoms with Gasteiger partial charge in [0.05, 0.1) is 23.4 Å². The van der Waals surface area contributed by atoms with E-state index in [1.165, 1.54) is 11.3 Å². The molecule has 0 fully saturated rings. The van der Waals surface area contributed by atoms with Crippen LogP contribution in [0.25, 0.3) is 0 Å². The van der Waals surface area contributed by atoms with Crippen LogP contribution in [0.15, 0.2) is 32.3 Å². The topological polar surface area (TPSA) is 150 Å². The monoisotopic (exact) mass is 356 g/mol. The number of hydrogen-bond donors (Lipinski definition) is 2. The molecule has 0 saturated heterocycles. The fraction of sp³-hybridized carbons (Fsp3) is 0.417. The molecule has 1 aromatic heterocycles. The first-order valence-electron chi connectivity index (χ1n) is 6.41. The standard InChI is InChI=1S/C12H16N6O3S2/c1-23(20,21)7-3-10(11(14)17-18-15-5-4-13)16-12(19)9-2-6-22-8-9/h2,6,8,10H,3,5,7H2,1H3,(H,16,19)(H2,14,15,17). The smallest absolute Gasteiger partial charge is 0.252 e. The predicted octanol–water partition coefficient (Wildman–Crippen LogP) is 0.529. The molecule has 1 unspecified atom stereocenters. The number of thiophene rings is 1. The molecule has 0 saturated carbocycles. The van der Waals surface area contributed by atoms with Crippen molar-refractivity contribution in [2.75, 3.05) is 18.6 Å². The molecule has 0 aliphatic heterocycles. The van der Waals surface area contributed by atoms with Gasteiger partial charge in [0.1, 0.15) is 22.2 Å². The zero-order chi connectivity index (χ0) is 17.3. The number of nitrogens with two attached hydrogens (primary N) is 1. The zero-order valence-electron chi connectivity index (χ0n) is 12.3. The Kier molecular flexibility index (Phi) is 7.30. The number of hydrogen-bond acceptors (Lipinski definition) is 7. The maximum atomic E-state index is 12.1. The first-order chi connectivity index (χ1) is 10.8. The van der Waals surface area contributed by atoms with Crippen molar-refractivity contribution >= 4 is 32.9 Å². The van der Waals surface area contributed by atoms with E-state index in [-0.39, 0.29) is 24.6 Å². The lowest BCUT2D eigenvalue weighted by Gasteiger charge is -2.16. The van der Waals surface area contributed by atoms with Gasteiger partial charge in [-0.05, 0) is 23.1 Å². The van der Waals surface area contributed by atoms with Crippen molar-refractivity contribution in [1.82, 2.24) is 5.32 Å². The van der Waals surface area contributed by atoms with Gasteiger partial charge in [0.2, 0.25) is 0 Å². The quantitative estimate of drug-likeness (QED) is 0.229. The van der Waals surface area contributed by atoms with Crippen molar-refractivity contribution in [2.24, 2.45) is 21.2 Å². The van der Waals surface area contributed by atoms with Crippen LogP contribution in [0.5, 0.6) is 0 Å². The zero-order valence-corrected chi connectivity index (χ0v) is 14.0. The van der Waals surface area contributed by atoms with Gasteiger partial charge in [0.25, 0.3) is 5.91 Å². The number of nitrogens with one attached hydrogen (secondary N) is 1. The van der Waals surface area contributed by atoms with E-state index in [0.29, 0.717) is 5.56 Å². The Bertz CT molecular complexity index is 718. The molecule has 1 atom stereocenters. The molecule has 3 N–H and O–H groups in total. The van der Waals surface area contributed by atoms with Crippen molar-refractivity contribution in [1.29, 1.82) is 5.26 Å². The molecule has 0 radical (unpaired) electrons. The summed E-state index contributed by atoms with van der Waals surface area (Å²) < 4.78 is 22.6. The summed E-state index contributed by atoms with van der Waals surface area (Å²) in [7, 11) is -3.23. The third-order valence-electron chi connectivity index (χ3n) is 2.59. The number of rotatable bonds is 8. The summed E-state index contributed by atoms with van der Waals surface area (Å²) in [4.78, 5) is 12.1. The maximum absolute atomic E-state index is 12.1. The summed E-state index contributed by atoms with van der Waals surface area (Å²) in [5, 5.41) is 24.7. The molecule has 0 aliphatic rings. The molecule has 9 nitrogen and oxygen atoms in total. The average Bonchev–Trinajstić information content (AvgIpc) is 3.01. The second-order valence-corrected chi connectivity index (χ2v) is 7.57. The van der Waals surface area contributed by atoms with Crippen LogP contribution in [-0.4, -0.2) is 44.8 Å². The Labute approximate surface area is 137 Å². The van der Waals surface area contributed by atoms with Gasteiger partial charge in [-0.1, -0.05) is 0 Å². The van der Waals surface area contributed by atoms with Crippen molar-refractivity contribution < 1.29 is 13.2 Å². The highest BCUT2D eigenvalue weighted by Crippen LogP contribution is 2.07. The summed E-state index contributed by atoms with van der Waals surface area (Å²) in [6.45, 7) is -0.175. The predicted molar refractivity (Wildman–Crippen MR) is 86.9 cm³/mol. The van der Waals surface area contributed by atoms with Gasteiger partial charge in [0, 0.05) is 11.6 Å². The van der Waals surface area contributed by atoms with Crippen molar-refractivity contribution in [3.05, 3.63) is 22.4 Å². The number of sulfone groups is 1. The van der Waals surface area contributed by atoms with E-state index < -0.39 is 21.8 Å². The van der Waals surface area contributed by atoms with Crippen LogP contribution in [0.4, 0.5) is 0 Å². The Morgan fingerprint density at radius 1 is 1.57 bits per heavy atom. The lowest BCUT2D eigenvalue weighted by molar-refractivity contribution is 0.0946. The fourth-order valence-electron chi connectivity index (χ4n) is 1.48. The maximum Gasteiger partial charge on any atom is 0.252 e. The van der Waals surface area contributed by atoms with E-state index in [1.54, 1.807) is 22.9 Å². The van der Waals surface area contributed by atoms with Crippen molar-refractivity contribution in [3.63, 3.8) is 0 Å². The van der Waals surface area contributed by atoms with E-state index in [1.807, 2.05) is 0 Å². The van der Waals surface area contributed by atoms with Crippen LogP contribution in [0, 0.1) is 11.3 Å². The molecular formula is C12H16N6O3S2. The van der Waals surface area contributed by atoms with Gasteiger partial charge in [0.15, 0.2) is 0 Å². The minimum atomic E-state index is -3.23. The molecule has 0 aliphatic carbocycles. The first-order valence-corrected chi connectivity index (χ1v) is 9.41. The average molecular weight is 356 g/mol. The molecule has 0 bridgehead atoms. The highest BCUT2D eigenvalue weighted by molar-refractivity contribution is 7.90. The van der Waals surface area contributed by atoms with E-state index >= 15 is 0 Å². The lowest BCUT2D eigenvalue weighted by Crippen LogP contribution is -2.45. The third-order valence-corrected chi connectivity index (χ3v) is 4.25. The minimum Gasteiger partial charge on any atom is -0.384 e. The molecule has 11 heteroatoms.